The molecule has 1 aromatic rings. The molecule has 2 aliphatic carbocycles. The summed E-state index contributed by atoms with van der Waals surface area (Å²) in [7, 11) is 1.67. The predicted molar refractivity (Wildman–Crippen MR) is 65.6 cm³/mol. The van der Waals surface area contributed by atoms with Crippen molar-refractivity contribution in [1.82, 2.24) is 4.57 Å². The molecule has 2 fully saturated rings. The van der Waals surface area contributed by atoms with Crippen LogP contribution in [0, 0.1) is 17.8 Å². The van der Waals surface area contributed by atoms with E-state index in [1.165, 1.54) is 36.3 Å². The van der Waals surface area contributed by atoms with Crippen molar-refractivity contribution in [2.45, 2.75) is 25.7 Å². The van der Waals surface area contributed by atoms with Crippen molar-refractivity contribution >= 4 is 11.8 Å². The van der Waals surface area contributed by atoms with Gasteiger partial charge in [-0.2, -0.15) is 0 Å². The predicted octanol–water partition coefficient (Wildman–Crippen LogP) is 2.34. The summed E-state index contributed by atoms with van der Waals surface area (Å²) >= 11 is 0. The highest BCUT2D eigenvalue weighted by molar-refractivity contribution is 6.02. The zero-order chi connectivity index (χ0) is 12.9. The number of rotatable bonds is 3. The van der Waals surface area contributed by atoms with Crippen LogP contribution in [0.5, 0.6) is 0 Å². The molecule has 3 rings (SSSR count). The first kappa shape index (κ1) is 11.5. The molecular weight excluding hydrogens is 230 g/mol. The third kappa shape index (κ3) is 1.67. The summed E-state index contributed by atoms with van der Waals surface area (Å²) in [6, 6.07) is 1.51. The van der Waals surface area contributed by atoms with Gasteiger partial charge in [0, 0.05) is 24.7 Å². The quantitative estimate of drug-likeness (QED) is 0.834. The third-order valence-electron chi connectivity index (χ3n) is 4.47. The SMILES string of the molecule is Cn1cc(C(=O)C2C3CCCCC32)cc1C(=O)O. The minimum absolute atomic E-state index is 0.148. The Morgan fingerprint density at radius 1 is 1.28 bits per heavy atom. The number of aryl methyl sites for hydroxylation is 1. The number of carbonyl (C=O) groups excluding carboxylic acids is 1. The molecule has 0 radical (unpaired) electrons. The third-order valence-corrected chi connectivity index (χ3v) is 4.47. The Labute approximate surface area is 106 Å². The lowest BCUT2D eigenvalue weighted by molar-refractivity contribution is 0.0686. The van der Waals surface area contributed by atoms with Gasteiger partial charge in [-0.3, -0.25) is 4.79 Å². The standard InChI is InChI=1S/C14H17NO3/c1-15-7-8(6-11(15)14(17)18)13(16)12-9-4-2-3-5-10(9)12/h6-7,9-10,12H,2-5H2,1H3,(H,17,18). The van der Waals surface area contributed by atoms with Crippen molar-refractivity contribution in [3.63, 3.8) is 0 Å². The molecule has 0 bridgehead atoms. The number of carboxylic acids is 1. The largest absolute Gasteiger partial charge is 0.477 e. The Bertz CT molecular complexity index is 505. The summed E-state index contributed by atoms with van der Waals surface area (Å²) in [5.41, 5.74) is 0.747. The highest BCUT2D eigenvalue weighted by Gasteiger charge is 2.54. The lowest BCUT2D eigenvalue weighted by atomic mass is 10.0. The van der Waals surface area contributed by atoms with Crippen molar-refractivity contribution < 1.29 is 14.7 Å². The maximum atomic E-state index is 12.4. The van der Waals surface area contributed by atoms with Crippen molar-refractivity contribution in [3.8, 4) is 0 Å². The summed E-state index contributed by atoms with van der Waals surface area (Å²) in [6.07, 6.45) is 6.45. The van der Waals surface area contributed by atoms with Crippen molar-refractivity contribution in [2.75, 3.05) is 0 Å². The maximum absolute atomic E-state index is 12.4. The highest BCUT2D eigenvalue weighted by Crippen LogP contribution is 2.56. The molecule has 18 heavy (non-hydrogen) atoms. The average molecular weight is 247 g/mol. The van der Waals surface area contributed by atoms with Crippen LogP contribution in [0.3, 0.4) is 0 Å². The van der Waals surface area contributed by atoms with Crippen molar-refractivity contribution in [2.24, 2.45) is 24.8 Å². The molecule has 0 aromatic carbocycles. The maximum Gasteiger partial charge on any atom is 0.352 e. The molecule has 2 unspecified atom stereocenters. The van der Waals surface area contributed by atoms with Crippen LogP contribution in [0.4, 0.5) is 0 Å². The van der Waals surface area contributed by atoms with E-state index in [4.69, 9.17) is 5.11 Å². The van der Waals surface area contributed by atoms with Crippen LogP contribution >= 0.6 is 0 Å². The molecule has 1 N–H and O–H groups in total. The molecule has 2 saturated carbocycles. The molecule has 1 aromatic heterocycles. The van der Waals surface area contributed by atoms with Crippen LogP contribution in [0.15, 0.2) is 12.3 Å². The van der Waals surface area contributed by atoms with Gasteiger partial charge in [-0.1, -0.05) is 12.8 Å². The molecule has 0 aliphatic heterocycles. The normalized spacial score (nSPS) is 29.7. The van der Waals surface area contributed by atoms with Gasteiger partial charge < -0.3 is 9.67 Å². The molecule has 0 amide bonds. The van der Waals surface area contributed by atoms with Gasteiger partial charge in [-0.15, -0.1) is 0 Å². The molecule has 4 nitrogen and oxygen atoms in total. The molecule has 0 spiro atoms. The topological polar surface area (TPSA) is 59.3 Å². The fraction of sp³-hybridized carbons (Fsp3) is 0.571. The number of hydrogen-bond donors (Lipinski definition) is 1. The van der Waals surface area contributed by atoms with E-state index in [-0.39, 0.29) is 17.4 Å². The van der Waals surface area contributed by atoms with Gasteiger partial charge in [0.1, 0.15) is 5.69 Å². The number of fused-ring (bicyclic) bond motifs is 1. The number of aromatic nitrogens is 1. The minimum atomic E-state index is -0.982. The molecule has 2 atom stereocenters. The number of Topliss-reactive ketones (excluding diaryl/α,β-unsaturated/α-hetero) is 1. The van der Waals surface area contributed by atoms with Gasteiger partial charge in [-0.05, 0) is 30.7 Å². The Morgan fingerprint density at radius 3 is 2.39 bits per heavy atom. The zero-order valence-electron chi connectivity index (χ0n) is 10.4. The summed E-state index contributed by atoms with van der Waals surface area (Å²) in [4.78, 5) is 23.3. The average Bonchev–Trinajstić information content (AvgIpc) is 2.94. The Hall–Kier alpha value is -1.58. The highest BCUT2D eigenvalue weighted by atomic mass is 16.4. The van der Waals surface area contributed by atoms with E-state index >= 15 is 0 Å². The second-order valence-corrected chi connectivity index (χ2v) is 5.53. The first-order chi connectivity index (χ1) is 8.59. The van der Waals surface area contributed by atoms with E-state index < -0.39 is 5.97 Å². The van der Waals surface area contributed by atoms with Gasteiger partial charge >= 0.3 is 5.97 Å². The number of hydrogen-bond acceptors (Lipinski definition) is 2. The first-order valence-electron chi connectivity index (χ1n) is 6.53. The van der Waals surface area contributed by atoms with E-state index in [9.17, 15) is 9.59 Å². The van der Waals surface area contributed by atoms with Crippen LogP contribution in [-0.4, -0.2) is 21.4 Å². The smallest absolute Gasteiger partial charge is 0.352 e. The Morgan fingerprint density at radius 2 is 1.89 bits per heavy atom. The van der Waals surface area contributed by atoms with Crippen LogP contribution in [0.2, 0.25) is 0 Å². The van der Waals surface area contributed by atoms with E-state index in [2.05, 4.69) is 0 Å². The van der Waals surface area contributed by atoms with Gasteiger partial charge in [0.15, 0.2) is 5.78 Å². The minimum Gasteiger partial charge on any atom is -0.477 e. The van der Waals surface area contributed by atoms with Gasteiger partial charge in [-0.25, -0.2) is 4.79 Å². The lowest BCUT2D eigenvalue weighted by Gasteiger charge is -2.04. The van der Waals surface area contributed by atoms with E-state index in [1.54, 1.807) is 13.2 Å². The Balaban J connectivity index is 1.81. The van der Waals surface area contributed by atoms with E-state index in [1.807, 2.05) is 0 Å². The molecule has 4 heteroatoms. The van der Waals surface area contributed by atoms with Crippen LogP contribution < -0.4 is 0 Å². The monoisotopic (exact) mass is 247 g/mol. The molecule has 2 aliphatic rings. The number of nitrogens with zero attached hydrogens (tertiary/aromatic N) is 1. The van der Waals surface area contributed by atoms with Crippen LogP contribution in [0.25, 0.3) is 0 Å². The number of carbonyl (C=O) groups is 2. The fourth-order valence-electron chi connectivity index (χ4n) is 3.49. The second-order valence-electron chi connectivity index (χ2n) is 5.53. The molecular formula is C14H17NO3. The Kier molecular flexibility index (Phi) is 2.54. The fourth-order valence-corrected chi connectivity index (χ4v) is 3.49. The van der Waals surface area contributed by atoms with Gasteiger partial charge in [0.05, 0.1) is 0 Å². The number of aromatic carboxylic acids is 1. The molecule has 96 valence electrons. The van der Waals surface area contributed by atoms with Crippen molar-refractivity contribution in [3.05, 3.63) is 23.5 Å². The van der Waals surface area contributed by atoms with E-state index in [0.717, 1.165) is 0 Å². The lowest BCUT2D eigenvalue weighted by Crippen LogP contribution is -2.03. The first-order valence-corrected chi connectivity index (χ1v) is 6.53. The summed E-state index contributed by atoms with van der Waals surface area (Å²) in [5.74, 6) is 0.468. The molecule has 0 saturated heterocycles. The van der Waals surface area contributed by atoms with Crippen molar-refractivity contribution in [1.29, 1.82) is 0 Å². The van der Waals surface area contributed by atoms with Crippen LogP contribution in [0.1, 0.15) is 46.5 Å². The van der Waals surface area contributed by atoms with E-state index in [0.29, 0.717) is 17.4 Å². The zero-order valence-corrected chi connectivity index (χ0v) is 10.4. The van der Waals surface area contributed by atoms with Gasteiger partial charge in [0.25, 0.3) is 0 Å². The summed E-state index contributed by atoms with van der Waals surface area (Å²) < 4.78 is 1.52. The van der Waals surface area contributed by atoms with Crippen LogP contribution in [-0.2, 0) is 7.05 Å². The number of carboxylic acid groups (broad SMARTS) is 1. The van der Waals surface area contributed by atoms with Gasteiger partial charge in [0.2, 0.25) is 0 Å². The second kappa shape index (κ2) is 3.97. The number of ketones is 1. The summed E-state index contributed by atoms with van der Waals surface area (Å²) in [6.45, 7) is 0. The summed E-state index contributed by atoms with van der Waals surface area (Å²) in [5, 5.41) is 8.99. The molecule has 1 heterocycles.